The Balaban J connectivity index is 2.26. The predicted octanol–water partition coefficient (Wildman–Crippen LogP) is 2.84. The summed E-state index contributed by atoms with van der Waals surface area (Å²) in [6.45, 7) is 2.52. The molecule has 1 aromatic carbocycles. The van der Waals surface area contributed by atoms with Crippen LogP contribution in [0.3, 0.4) is 0 Å². The predicted molar refractivity (Wildman–Crippen MR) is 79.9 cm³/mol. The summed E-state index contributed by atoms with van der Waals surface area (Å²) >= 11 is 3.33. The first kappa shape index (κ1) is 14.5. The van der Waals surface area contributed by atoms with E-state index in [9.17, 15) is 9.59 Å². The van der Waals surface area contributed by atoms with E-state index in [0.717, 1.165) is 10.0 Å². The van der Waals surface area contributed by atoms with E-state index in [-0.39, 0.29) is 11.5 Å². The lowest BCUT2D eigenvalue weighted by Crippen LogP contribution is -2.19. The number of hydrogen-bond acceptors (Lipinski definition) is 3. The van der Waals surface area contributed by atoms with E-state index in [2.05, 4.69) is 15.9 Å². The molecule has 2 aromatic rings. The zero-order valence-electron chi connectivity index (χ0n) is 11.0. The van der Waals surface area contributed by atoms with Crippen LogP contribution in [0.4, 0.5) is 0 Å². The molecule has 0 bridgehead atoms. The van der Waals surface area contributed by atoms with Crippen molar-refractivity contribution in [2.45, 2.75) is 13.5 Å². The molecule has 0 saturated heterocycles. The number of halogens is 1. The van der Waals surface area contributed by atoms with Gasteiger partial charge in [0.1, 0.15) is 0 Å². The van der Waals surface area contributed by atoms with Crippen LogP contribution in [0.5, 0.6) is 0 Å². The Morgan fingerprint density at radius 3 is 2.85 bits per heavy atom. The quantitative estimate of drug-likeness (QED) is 0.807. The lowest BCUT2D eigenvalue weighted by Gasteiger charge is -2.08. The number of hydrogen-bond donors (Lipinski definition) is 0. The molecule has 1 heterocycles. The molecule has 0 amide bonds. The molecule has 0 aliphatic rings. The first-order valence-corrected chi connectivity index (χ1v) is 7.01. The molecule has 0 atom stereocenters. The summed E-state index contributed by atoms with van der Waals surface area (Å²) in [4.78, 5) is 23.4. The van der Waals surface area contributed by atoms with Gasteiger partial charge in [-0.15, -0.1) is 0 Å². The van der Waals surface area contributed by atoms with Gasteiger partial charge in [-0.1, -0.05) is 12.1 Å². The molecule has 0 saturated carbocycles. The van der Waals surface area contributed by atoms with E-state index in [1.165, 1.54) is 6.07 Å². The number of esters is 1. The minimum Gasteiger partial charge on any atom is -0.462 e. The number of benzene rings is 1. The summed E-state index contributed by atoms with van der Waals surface area (Å²) in [5.41, 5.74) is 1.28. The Bertz CT molecular complexity index is 679. The van der Waals surface area contributed by atoms with Crippen molar-refractivity contribution in [1.29, 1.82) is 0 Å². The Labute approximate surface area is 125 Å². The summed E-state index contributed by atoms with van der Waals surface area (Å²) in [5, 5.41) is 0. The van der Waals surface area contributed by atoms with Crippen molar-refractivity contribution in [3.63, 3.8) is 0 Å². The van der Waals surface area contributed by atoms with Gasteiger partial charge in [0.05, 0.1) is 18.7 Å². The lowest BCUT2D eigenvalue weighted by atomic mass is 10.1. The van der Waals surface area contributed by atoms with Crippen molar-refractivity contribution in [3.8, 4) is 0 Å². The highest BCUT2D eigenvalue weighted by Crippen LogP contribution is 2.10. The van der Waals surface area contributed by atoms with Gasteiger partial charge in [-0.25, -0.2) is 4.79 Å². The maximum absolute atomic E-state index is 11.7. The second-order valence-electron chi connectivity index (χ2n) is 4.23. The fourth-order valence-corrected chi connectivity index (χ4v) is 2.21. The maximum Gasteiger partial charge on any atom is 0.338 e. The number of ether oxygens (including phenoxy) is 1. The largest absolute Gasteiger partial charge is 0.462 e. The lowest BCUT2D eigenvalue weighted by molar-refractivity contribution is 0.0526. The van der Waals surface area contributed by atoms with Crippen molar-refractivity contribution in [2.75, 3.05) is 6.61 Å². The number of nitrogens with zero attached hydrogens (tertiary/aromatic N) is 1. The average Bonchev–Trinajstić information content (AvgIpc) is 2.43. The maximum atomic E-state index is 11.7. The van der Waals surface area contributed by atoms with Gasteiger partial charge in [-0.2, -0.15) is 0 Å². The van der Waals surface area contributed by atoms with Crippen LogP contribution in [0.15, 0.2) is 51.9 Å². The molecule has 0 aliphatic heterocycles. The van der Waals surface area contributed by atoms with Gasteiger partial charge in [0.15, 0.2) is 0 Å². The van der Waals surface area contributed by atoms with Crippen molar-refractivity contribution < 1.29 is 9.53 Å². The van der Waals surface area contributed by atoms with Crippen molar-refractivity contribution >= 4 is 21.9 Å². The molecule has 0 radical (unpaired) electrons. The topological polar surface area (TPSA) is 48.3 Å². The zero-order chi connectivity index (χ0) is 14.5. The molecule has 20 heavy (non-hydrogen) atoms. The monoisotopic (exact) mass is 335 g/mol. The number of carbonyl (C=O) groups excluding carboxylic acids is 1. The second kappa shape index (κ2) is 6.52. The minimum absolute atomic E-state index is 0.0882. The highest BCUT2D eigenvalue weighted by Gasteiger charge is 2.07. The molecular weight excluding hydrogens is 322 g/mol. The van der Waals surface area contributed by atoms with Crippen LogP contribution in [0, 0.1) is 0 Å². The SMILES string of the molecule is CCOC(=O)c1cccc(Cn2cc(Br)ccc2=O)c1. The third-order valence-electron chi connectivity index (χ3n) is 2.74. The van der Waals surface area contributed by atoms with Gasteiger partial charge in [0, 0.05) is 16.7 Å². The molecule has 0 fully saturated rings. The highest BCUT2D eigenvalue weighted by atomic mass is 79.9. The summed E-state index contributed by atoms with van der Waals surface area (Å²) in [7, 11) is 0. The van der Waals surface area contributed by atoms with Gasteiger partial charge < -0.3 is 9.30 Å². The molecular formula is C15H14BrNO3. The van der Waals surface area contributed by atoms with Crippen LogP contribution in [-0.4, -0.2) is 17.1 Å². The smallest absolute Gasteiger partial charge is 0.338 e. The molecule has 0 aliphatic carbocycles. The van der Waals surface area contributed by atoms with E-state index >= 15 is 0 Å². The third-order valence-corrected chi connectivity index (χ3v) is 3.21. The van der Waals surface area contributed by atoms with E-state index in [1.807, 2.05) is 6.07 Å². The summed E-state index contributed by atoms with van der Waals surface area (Å²) in [6, 6.07) is 10.3. The zero-order valence-corrected chi connectivity index (χ0v) is 12.6. The van der Waals surface area contributed by atoms with Crippen LogP contribution in [0.1, 0.15) is 22.8 Å². The van der Waals surface area contributed by atoms with Crippen LogP contribution in [-0.2, 0) is 11.3 Å². The Kier molecular flexibility index (Phi) is 4.74. The number of aromatic nitrogens is 1. The molecule has 0 unspecified atom stereocenters. The van der Waals surface area contributed by atoms with E-state index < -0.39 is 0 Å². The summed E-state index contributed by atoms with van der Waals surface area (Å²) < 4.78 is 7.37. The first-order valence-electron chi connectivity index (χ1n) is 6.22. The first-order chi connectivity index (χ1) is 9.60. The molecule has 0 spiro atoms. The van der Waals surface area contributed by atoms with Crippen LogP contribution in [0.2, 0.25) is 0 Å². The van der Waals surface area contributed by atoms with Gasteiger partial charge in [0.25, 0.3) is 5.56 Å². The van der Waals surface area contributed by atoms with Gasteiger partial charge >= 0.3 is 5.97 Å². The van der Waals surface area contributed by atoms with Crippen LogP contribution in [0.25, 0.3) is 0 Å². The number of rotatable bonds is 4. The molecule has 104 valence electrons. The second-order valence-corrected chi connectivity index (χ2v) is 5.15. The van der Waals surface area contributed by atoms with Crippen molar-refractivity contribution in [2.24, 2.45) is 0 Å². The Morgan fingerprint density at radius 1 is 1.30 bits per heavy atom. The van der Waals surface area contributed by atoms with Crippen molar-refractivity contribution in [1.82, 2.24) is 4.57 Å². The van der Waals surface area contributed by atoms with Gasteiger partial charge in [0.2, 0.25) is 0 Å². The molecule has 0 N–H and O–H groups in total. The van der Waals surface area contributed by atoms with E-state index in [1.54, 1.807) is 42.0 Å². The fourth-order valence-electron chi connectivity index (χ4n) is 1.83. The average molecular weight is 336 g/mol. The fraction of sp³-hybridized carbons (Fsp3) is 0.200. The normalized spacial score (nSPS) is 10.3. The molecule has 1 aromatic heterocycles. The van der Waals surface area contributed by atoms with Gasteiger partial charge in [-0.05, 0) is 46.6 Å². The number of carbonyl (C=O) groups is 1. The Morgan fingerprint density at radius 2 is 2.10 bits per heavy atom. The number of pyridine rings is 1. The third kappa shape index (κ3) is 3.57. The standard InChI is InChI=1S/C15H14BrNO3/c1-2-20-15(19)12-5-3-4-11(8-12)9-17-10-13(16)6-7-14(17)18/h3-8,10H,2,9H2,1H3. The summed E-state index contributed by atoms with van der Waals surface area (Å²) in [5.74, 6) is -0.351. The van der Waals surface area contributed by atoms with Crippen molar-refractivity contribution in [3.05, 3.63) is 68.5 Å². The minimum atomic E-state index is -0.351. The van der Waals surface area contributed by atoms with Crippen LogP contribution >= 0.6 is 15.9 Å². The van der Waals surface area contributed by atoms with Gasteiger partial charge in [-0.3, -0.25) is 4.79 Å². The molecule has 4 nitrogen and oxygen atoms in total. The Hall–Kier alpha value is -1.88. The molecule has 2 rings (SSSR count). The van der Waals surface area contributed by atoms with E-state index in [0.29, 0.717) is 18.7 Å². The van der Waals surface area contributed by atoms with E-state index in [4.69, 9.17) is 4.74 Å². The molecule has 5 heteroatoms. The summed E-state index contributed by atoms with van der Waals surface area (Å²) in [6.07, 6.45) is 1.72. The van der Waals surface area contributed by atoms with Crippen LogP contribution < -0.4 is 5.56 Å². The highest BCUT2D eigenvalue weighted by molar-refractivity contribution is 9.10.